The zero-order valence-corrected chi connectivity index (χ0v) is 16.3. The summed E-state index contributed by atoms with van der Waals surface area (Å²) < 4.78 is 1.66. The fraction of sp³-hybridized carbons (Fsp3) is 0.409. The first-order chi connectivity index (χ1) is 13.7. The number of amides is 1. The van der Waals surface area contributed by atoms with E-state index in [1.165, 1.54) is 31.2 Å². The number of benzene rings is 1. The van der Waals surface area contributed by atoms with Crippen LogP contribution in [0.3, 0.4) is 0 Å². The summed E-state index contributed by atoms with van der Waals surface area (Å²) in [4.78, 5) is 19.8. The van der Waals surface area contributed by atoms with Gasteiger partial charge in [0.1, 0.15) is 5.56 Å². The lowest BCUT2D eigenvalue weighted by Crippen LogP contribution is -2.38. The van der Waals surface area contributed by atoms with Crippen LogP contribution < -0.4 is 5.32 Å². The molecule has 1 amide bonds. The lowest BCUT2D eigenvalue weighted by atomic mass is 10.0. The number of fused-ring (bicyclic) bond motifs is 1. The summed E-state index contributed by atoms with van der Waals surface area (Å²) >= 11 is 0. The highest BCUT2D eigenvalue weighted by Gasteiger charge is 2.23. The molecule has 1 atom stereocenters. The molecule has 1 aliphatic heterocycles. The molecule has 1 aromatic carbocycles. The third kappa shape index (κ3) is 4.07. The van der Waals surface area contributed by atoms with Gasteiger partial charge in [-0.25, -0.2) is 9.50 Å². The first-order valence-corrected chi connectivity index (χ1v) is 10.1. The van der Waals surface area contributed by atoms with E-state index in [2.05, 4.69) is 44.6 Å². The molecule has 1 N–H and O–H groups in total. The van der Waals surface area contributed by atoms with Gasteiger partial charge in [0.2, 0.25) is 0 Å². The first-order valence-electron chi connectivity index (χ1n) is 10.1. The minimum atomic E-state index is -0.123. The van der Waals surface area contributed by atoms with Crippen molar-refractivity contribution in [3.05, 3.63) is 65.6 Å². The second-order valence-corrected chi connectivity index (χ2v) is 7.54. The zero-order valence-electron chi connectivity index (χ0n) is 16.3. The largest absolute Gasteiger partial charge is 0.350 e. The van der Waals surface area contributed by atoms with Crippen molar-refractivity contribution in [3.63, 3.8) is 0 Å². The standard InChI is InChI=1S/C22H27N5O/c1-17-13-23-21-19(14-25-27(21)16-17)22(28)24-15-20(18-9-5-4-6-10-18)26-11-7-2-3-8-12-26/h4-6,9-10,13-14,16,20H,2-3,7-8,11-12,15H2,1H3,(H,24,28). The van der Waals surface area contributed by atoms with Crippen LogP contribution in [-0.4, -0.2) is 45.0 Å². The summed E-state index contributed by atoms with van der Waals surface area (Å²) in [5, 5.41) is 7.41. The van der Waals surface area contributed by atoms with Crippen molar-refractivity contribution in [2.45, 2.75) is 38.6 Å². The summed E-state index contributed by atoms with van der Waals surface area (Å²) in [6, 6.07) is 10.7. The molecule has 0 bridgehead atoms. The Morgan fingerprint density at radius 3 is 2.61 bits per heavy atom. The third-order valence-electron chi connectivity index (χ3n) is 5.45. The van der Waals surface area contributed by atoms with Crippen LogP contribution in [0.25, 0.3) is 5.65 Å². The van der Waals surface area contributed by atoms with Crippen LogP contribution in [0.15, 0.2) is 48.9 Å². The van der Waals surface area contributed by atoms with E-state index < -0.39 is 0 Å². The van der Waals surface area contributed by atoms with Gasteiger partial charge >= 0.3 is 0 Å². The van der Waals surface area contributed by atoms with Gasteiger partial charge < -0.3 is 5.32 Å². The monoisotopic (exact) mass is 377 g/mol. The van der Waals surface area contributed by atoms with Crippen molar-refractivity contribution >= 4 is 11.6 Å². The Kier molecular flexibility index (Phi) is 5.67. The van der Waals surface area contributed by atoms with Gasteiger partial charge in [-0.15, -0.1) is 0 Å². The molecule has 0 radical (unpaired) electrons. The molecule has 6 heteroatoms. The smallest absolute Gasteiger partial charge is 0.256 e. The van der Waals surface area contributed by atoms with Gasteiger partial charge in [-0.1, -0.05) is 43.2 Å². The molecule has 2 aromatic heterocycles. The van der Waals surface area contributed by atoms with Crippen molar-refractivity contribution in [1.29, 1.82) is 0 Å². The highest BCUT2D eigenvalue weighted by molar-refractivity contribution is 5.99. The van der Waals surface area contributed by atoms with E-state index in [9.17, 15) is 4.79 Å². The highest BCUT2D eigenvalue weighted by atomic mass is 16.1. The lowest BCUT2D eigenvalue weighted by Gasteiger charge is -2.31. The van der Waals surface area contributed by atoms with Crippen LogP contribution in [0, 0.1) is 6.92 Å². The van der Waals surface area contributed by atoms with Gasteiger partial charge in [-0.3, -0.25) is 9.69 Å². The summed E-state index contributed by atoms with van der Waals surface area (Å²) in [5.41, 5.74) is 3.36. The van der Waals surface area contributed by atoms with Crippen LogP contribution in [0.4, 0.5) is 0 Å². The SMILES string of the molecule is Cc1cnc2c(C(=O)NCC(c3ccccc3)N3CCCCCC3)cnn2c1. The average molecular weight is 377 g/mol. The zero-order chi connectivity index (χ0) is 19.3. The summed E-state index contributed by atoms with van der Waals surface area (Å²) in [7, 11) is 0. The maximum Gasteiger partial charge on any atom is 0.256 e. The predicted octanol–water partition coefficient (Wildman–Crippen LogP) is 3.38. The van der Waals surface area contributed by atoms with Gasteiger partial charge in [0.15, 0.2) is 5.65 Å². The summed E-state index contributed by atoms with van der Waals surface area (Å²) in [6.45, 7) is 4.69. The van der Waals surface area contributed by atoms with Gasteiger partial charge in [-0.05, 0) is 44.0 Å². The molecule has 1 saturated heterocycles. The fourth-order valence-electron chi connectivity index (χ4n) is 3.95. The molecule has 3 heterocycles. The van der Waals surface area contributed by atoms with Crippen LogP contribution in [0.5, 0.6) is 0 Å². The Morgan fingerprint density at radius 2 is 1.86 bits per heavy atom. The number of carbonyl (C=O) groups excluding carboxylic acids is 1. The molecule has 1 fully saturated rings. The molecule has 4 rings (SSSR count). The topological polar surface area (TPSA) is 62.5 Å². The molecule has 0 spiro atoms. The first kappa shape index (κ1) is 18.6. The van der Waals surface area contributed by atoms with E-state index in [0.29, 0.717) is 17.8 Å². The van der Waals surface area contributed by atoms with E-state index in [1.54, 1.807) is 16.9 Å². The van der Waals surface area contributed by atoms with Gasteiger partial charge in [-0.2, -0.15) is 5.10 Å². The number of hydrogen-bond acceptors (Lipinski definition) is 4. The Morgan fingerprint density at radius 1 is 1.11 bits per heavy atom. The van der Waals surface area contributed by atoms with Gasteiger partial charge in [0.25, 0.3) is 5.91 Å². The van der Waals surface area contributed by atoms with Crippen LogP contribution in [0.2, 0.25) is 0 Å². The molecular formula is C22H27N5O. The Balaban J connectivity index is 1.52. The minimum Gasteiger partial charge on any atom is -0.350 e. The van der Waals surface area contributed by atoms with E-state index in [4.69, 9.17) is 0 Å². The molecule has 146 valence electrons. The molecule has 6 nitrogen and oxygen atoms in total. The van der Waals surface area contributed by atoms with E-state index >= 15 is 0 Å². The second kappa shape index (κ2) is 8.52. The van der Waals surface area contributed by atoms with E-state index in [1.807, 2.05) is 19.2 Å². The van der Waals surface area contributed by atoms with Crippen LogP contribution in [0.1, 0.15) is 53.2 Å². The molecular weight excluding hydrogens is 350 g/mol. The van der Waals surface area contributed by atoms with E-state index in [0.717, 1.165) is 18.7 Å². The summed E-state index contributed by atoms with van der Waals surface area (Å²) in [6.07, 6.45) is 10.3. The van der Waals surface area contributed by atoms with Crippen molar-refractivity contribution in [2.24, 2.45) is 0 Å². The van der Waals surface area contributed by atoms with Crippen molar-refractivity contribution in [1.82, 2.24) is 24.8 Å². The number of hydrogen-bond donors (Lipinski definition) is 1. The lowest BCUT2D eigenvalue weighted by molar-refractivity contribution is 0.0934. The number of aryl methyl sites for hydroxylation is 1. The number of rotatable bonds is 5. The Hall–Kier alpha value is -2.73. The maximum atomic E-state index is 12.9. The van der Waals surface area contributed by atoms with Gasteiger partial charge in [0.05, 0.1) is 12.2 Å². The Bertz CT molecular complexity index is 929. The maximum absolute atomic E-state index is 12.9. The molecule has 3 aromatic rings. The van der Waals surface area contributed by atoms with Crippen molar-refractivity contribution in [3.8, 4) is 0 Å². The van der Waals surface area contributed by atoms with Crippen molar-refractivity contribution < 1.29 is 4.79 Å². The van der Waals surface area contributed by atoms with Crippen molar-refractivity contribution in [2.75, 3.05) is 19.6 Å². The highest BCUT2D eigenvalue weighted by Crippen LogP contribution is 2.24. The predicted molar refractivity (Wildman–Crippen MR) is 109 cm³/mol. The molecule has 1 aliphatic rings. The average Bonchev–Trinajstić information content (AvgIpc) is 2.94. The number of nitrogens with zero attached hydrogens (tertiary/aromatic N) is 4. The molecule has 28 heavy (non-hydrogen) atoms. The van der Waals surface area contributed by atoms with Crippen LogP contribution in [-0.2, 0) is 0 Å². The molecule has 0 saturated carbocycles. The number of aromatic nitrogens is 3. The fourth-order valence-corrected chi connectivity index (χ4v) is 3.95. The minimum absolute atomic E-state index is 0.123. The molecule has 1 unspecified atom stereocenters. The normalized spacial score (nSPS) is 16.6. The summed E-state index contributed by atoms with van der Waals surface area (Å²) in [5.74, 6) is -0.123. The molecule has 0 aliphatic carbocycles. The quantitative estimate of drug-likeness (QED) is 0.740. The van der Waals surface area contributed by atoms with E-state index in [-0.39, 0.29) is 11.9 Å². The second-order valence-electron chi connectivity index (χ2n) is 7.54. The number of carbonyl (C=O) groups is 1. The van der Waals surface area contributed by atoms with Crippen LogP contribution >= 0.6 is 0 Å². The van der Waals surface area contributed by atoms with Gasteiger partial charge in [0, 0.05) is 18.9 Å². The number of nitrogens with one attached hydrogen (secondary N) is 1. The Labute approximate surface area is 165 Å². The number of likely N-dealkylation sites (tertiary alicyclic amines) is 1. The third-order valence-corrected chi connectivity index (χ3v) is 5.45.